The van der Waals surface area contributed by atoms with Crippen LogP contribution < -0.4 is 5.32 Å². The predicted octanol–water partition coefficient (Wildman–Crippen LogP) is 3.58. The zero-order valence-corrected chi connectivity index (χ0v) is 19.8. The van der Waals surface area contributed by atoms with E-state index in [2.05, 4.69) is 34.5 Å². The fourth-order valence-corrected chi connectivity index (χ4v) is 7.50. The van der Waals surface area contributed by atoms with Crippen LogP contribution in [0.4, 0.5) is 5.69 Å². The number of hydrogen-bond acceptors (Lipinski definition) is 5. The number of fused-ring (bicyclic) bond motifs is 2. The van der Waals surface area contributed by atoms with Gasteiger partial charge < -0.3 is 5.32 Å². The molecule has 0 spiro atoms. The number of sulfonamides is 1. The number of nitrogens with one attached hydrogen (secondary N) is 1. The number of thioether (sulfide) groups is 1. The monoisotopic (exact) mass is 471 g/mol. The summed E-state index contributed by atoms with van der Waals surface area (Å²) in [4.78, 5) is 15.6. The van der Waals surface area contributed by atoms with Gasteiger partial charge in [-0.15, -0.1) is 11.8 Å². The summed E-state index contributed by atoms with van der Waals surface area (Å²) in [6.45, 7) is 4.01. The molecule has 1 amide bonds. The lowest BCUT2D eigenvalue weighted by Crippen LogP contribution is -2.44. The molecule has 32 heavy (non-hydrogen) atoms. The molecule has 170 valence electrons. The summed E-state index contributed by atoms with van der Waals surface area (Å²) in [6, 6.07) is 13.8. The molecule has 1 atom stereocenters. The van der Waals surface area contributed by atoms with E-state index < -0.39 is 10.0 Å². The molecule has 3 heterocycles. The number of carbonyl (C=O) groups excluding carboxylic acids is 1. The van der Waals surface area contributed by atoms with Gasteiger partial charge in [-0.3, -0.25) is 9.69 Å². The summed E-state index contributed by atoms with van der Waals surface area (Å²) in [5, 5.41) is 2.86. The lowest BCUT2D eigenvalue weighted by atomic mass is 9.95. The van der Waals surface area contributed by atoms with Crippen LogP contribution in [0.15, 0.2) is 52.3 Å². The zero-order valence-electron chi connectivity index (χ0n) is 18.1. The molecule has 1 saturated heterocycles. The molecule has 1 N–H and O–H groups in total. The maximum absolute atomic E-state index is 13.4. The molecular weight excluding hydrogens is 442 g/mol. The molecule has 0 aliphatic carbocycles. The minimum absolute atomic E-state index is 0.0630. The van der Waals surface area contributed by atoms with Gasteiger partial charge in [0.2, 0.25) is 15.9 Å². The van der Waals surface area contributed by atoms with E-state index >= 15 is 0 Å². The Morgan fingerprint density at radius 1 is 1.06 bits per heavy atom. The van der Waals surface area contributed by atoms with E-state index in [9.17, 15) is 13.2 Å². The number of piperidine rings is 1. The van der Waals surface area contributed by atoms with Crippen LogP contribution in [0, 0.1) is 5.92 Å². The number of anilines is 1. The van der Waals surface area contributed by atoms with Gasteiger partial charge in [-0.1, -0.05) is 24.3 Å². The van der Waals surface area contributed by atoms with Gasteiger partial charge in [0.25, 0.3) is 0 Å². The third-order valence-corrected chi connectivity index (χ3v) is 9.59. The van der Waals surface area contributed by atoms with E-state index in [4.69, 9.17) is 0 Å². The van der Waals surface area contributed by atoms with Gasteiger partial charge in [0.1, 0.15) is 0 Å². The van der Waals surface area contributed by atoms with Gasteiger partial charge in [-0.25, -0.2) is 8.42 Å². The highest BCUT2D eigenvalue weighted by molar-refractivity contribution is 7.99. The predicted molar refractivity (Wildman–Crippen MR) is 127 cm³/mol. The first-order chi connectivity index (χ1) is 15.5. The molecule has 2 aromatic rings. The van der Waals surface area contributed by atoms with Gasteiger partial charge in [0, 0.05) is 49.8 Å². The van der Waals surface area contributed by atoms with Crippen LogP contribution in [0.2, 0.25) is 0 Å². The Morgan fingerprint density at radius 2 is 1.91 bits per heavy atom. The summed E-state index contributed by atoms with van der Waals surface area (Å²) < 4.78 is 28.5. The van der Waals surface area contributed by atoms with Crippen molar-refractivity contribution in [1.29, 1.82) is 0 Å². The zero-order chi connectivity index (χ0) is 22.1. The van der Waals surface area contributed by atoms with Crippen molar-refractivity contribution in [2.75, 3.05) is 37.2 Å². The summed E-state index contributed by atoms with van der Waals surface area (Å²) in [6.07, 6.45) is 3.44. The number of nitrogens with zero attached hydrogens (tertiary/aromatic N) is 2. The average molecular weight is 472 g/mol. The number of carbonyl (C=O) groups is 1. The Morgan fingerprint density at radius 3 is 2.78 bits per heavy atom. The van der Waals surface area contributed by atoms with Crippen molar-refractivity contribution in [3.05, 3.63) is 53.6 Å². The quantitative estimate of drug-likeness (QED) is 0.738. The lowest BCUT2D eigenvalue weighted by Gasteiger charge is -2.36. The third-order valence-electron chi connectivity index (χ3n) is 6.66. The van der Waals surface area contributed by atoms with E-state index in [0.717, 1.165) is 43.8 Å². The number of benzene rings is 2. The van der Waals surface area contributed by atoms with Crippen molar-refractivity contribution in [2.45, 2.75) is 42.0 Å². The molecule has 3 aliphatic heterocycles. The number of rotatable bonds is 4. The average Bonchev–Trinajstić information content (AvgIpc) is 2.99. The summed E-state index contributed by atoms with van der Waals surface area (Å²) in [7, 11) is -3.59. The van der Waals surface area contributed by atoms with Crippen LogP contribution in [0.25, 0.3) is 0 Å². The van der Waals surface area contributed by atoms with Crippen LogP contribution in [-0.4, -0.2) is 55.5 Å². The Kier molecular flexibility index (Phi) is 6.29. The van der Waals surface area contributed by atoms with Crippen LogP contribution in [0.5, 0.6) is 0 Å². The number of hydrogen-bond donors (Lipinski definition) is 1. The molecular formula is C24H29N3O3S2. The van der Waals surface area contributed by atoms with Gasteiger partial charge >= 0.3 is 0 Å². The minimum atomic E-state index is -3.59. The maximum Gasteiger partial charge on any atom is 0.243 e. The second kappa shape index (κ2) is 9.17. The van der Waals surface area contributed by atoms with Gasteiger partial charge in [-0.2, -0.15) is 4.31 Å². The molecule has 6 nitrogen and oxygen atoms in total. The second-order valence-electron chi connectivity index (χ2n) is 8.93. The third kappa shape index (κ3) is 4.59. The lowest BCUT2D eigenvalue weighted by molar-refractivity contribution is -0.115. The van der Waals surface area contributed by atoms with Crippen LogP contribution in [0.1, 0.15) is 30.4 Å². The van der Waals surface area contributed by atoms with Crippen LogP contribution in [0.3, 0.4) is 0 Å². The molecule has 5 rings (SSSR count). The Labute approximate surface area is 194 Å². The highest BCUT2D eigenvalue weighted by atomic mass is 32.2. The van der Waals surface area contributed by atoms with Crippen molar-refractivity contribution in [3.63, 3.8) is 0 Å². The van der Waals surface area contributed by atoms with E-state index in [-0.39, 0.29) is 10.8 Å². The second-order valence-corrected chi connectivity index (χ2v) is 12.0. The molecule has 1 fully saturated rings. The molecule has 2 aromatic carbocycles. The summed E-state index contributed by atoms with van der Waals surface area (Å²) >= 11 is 1.59. The van der Waals surface area contributed by atoms with Crippen LogP contribution in [-0.2, 0) is 27.8 Å². The highest BCUT2D eigenvalue weighted by Gasteiger charge is 2.32. The molecule has 0 unspecified atom stereocenters. The fraction of sp³-hybridized carbons (Fsp3) is 0.458. The summed E-state index contributed by atoms with van der Waals surface area (Å²) in [5.74, 6) is 0.978. The fourth-order valence-electron chi connectivity index (χ4n) is 4.98. The molecule has 0 bridgehead atoms. The number of amides is 1. The van der Waals surface area contributed by atoms with Crippen molar-refractivity contribution in [2.24, 2.45) is 5.92 Å². The first-order valence-electron chi connectivity index (χ1n) is 11.3. The standard InChI is InChI=1S/C24H29N3O3S2/c28-24-10-13-31-23-8-7-21(14-22(23)25-24)32(29,30)27-11-3-4-18(16-27)15-26-12-9-19-5-1-2-6-20(19)17-26/h1-2,5-8,14,18H,3-4,9-13,15-17H2,(H,25,28)/t18-/m0/s1. The molecule has 0 radical (unpaired) electrons. The summed E-state index contributed by atoms with van der Waals surface area (Å²) in [5.41, 5.74) is 3.44. The van der Waals surface area contributed by atoms with Gasteiger partial charge in [-0.05, 0) is 54.5 Å². The Bertz CT molecular complexity index is 1120. The van der Waals surface area contributed by atoms with E-state index in [1.54, 1.807) is 28.2 Å². The molecule has 0 saturated carbocycles. The first kappa shape index (κ1) is 21.9. The van der Waals surface area contributed by atoms with Crippen molar-refractivity contribution in [1.82, 2.24) is 9.21 Å². The van der Waals surface area contributed by atoms with E-state index in [1.165, 1.54) is 11.1 Å². The maximum atomic E-state index is 13.4. The van der Waals surface area contributed by atoms with Crippen molar-refractivity contribution >= 4 is 33.4 Å². The minimum Gasteiger partial charge on any atom is -0.325 e. The smallest absolute Gasteiger partial charge is 0.243 e. The normalized spacial score (nSPS) is 22.5. The van der Waals surface area contributed by atoms with Gasteiger partial charge in [0.05, 0.1) is 10.6 Å². The van der Waals surface area contributed by atoms with Crippen molar-refractivity contribution < 1.29 is 13.2 Å². The largest absolute Gasteiger partial charge is 0.325 e. The Balaban J connectivity index is 1.28. The molecule has 8 heteroatoms. The first-order valence-corrected chi connectivity index (χ1v) is 13.8. The van der Waals surface area contributed by atoms with E-state index in [0.29, 0.717) is 36.9 Å². The van der Waals surface area contributed by atoms with Crippen LogP contribution >= 0.6 is 11.8 Å². The topological polar surface area (TPSA) is 69.7 Å². The van der Waals surface area contributed by atoms with Crippen molar-refractivity contribution in [3.8, 4) is 0 Å². The highest BCUT2D eigenvalue weighted by Crippen LogP contribution is 2.34. The van der Waals surface area contributed by atoms with E-state index in [1.807, 2.05) is 6.07 Å². The SMILES string of the molecule is O=C1CCSc2ccc(S(=O)(=O)N3CCC[C@@H](CN4CCc5ccccc5C4)C3)cc2N1. The Hall–Kier alpha value is -1.87. The molecule has 0 aromatic heterocycles. The van der Waals surface area contributed by atoms with Gasteiger partial charge in [0.15, 0.2) is 0 Å². The molecule has 3 aliphatic rings.